The maximum Gasteiger partial charge on any atom is 0.338 e. The molecule has 0 bridgehead atoms. The number of benzene rings is 2. The number of amides is 2. The highest BCUT2D eigenvalue weighted by Gasteiger charge is 2.26. The molecule has 3 rings (SSSR count). The molecule has 1 aliphatic rings. The molecule has 2 amide bonds. The SMILES string of the molecule is NC(=O)C1CCN(C(=O)COC(=O)c2ccc(-c3ccccc3)cc2)CC1. The minimum Gasteiger partial charge on any atom is -0.452 e. The number of nitrogens with zero attached hydrogens (tertiary/aromatic N) is 1. The van der Waals surface area contributed by atoms with Crippen LogP contribution >= 0.6 is 0 Å². The zero-order valence-corrected chi connectivity index (χ0v) is 15.0. The Labute approximate surface area is 157 Å². The Balaban J connectivity index is 1.50. The molecule has 6 heteroatoms. The molecule has 2 aromatic rings. The smallest absolute Gasteiger partial charge is 0.338 e. The second kappa shape index (κ2) is 8.49. The lowest BCUT2D eigenvalue weighted by Crippen LogP contribution is -2.43. The highest BCUT2D eigenvalue weighted by atomic mass is 16.5. The Morgan fingerprint density at radius 2 is 1.52 bits per heavy atom. The Kier molecular flexibility index (Phi) is 5.86. The fraction of sp³-hybridized carbons (Fsp3) is 0.286. The summed E-state index contributed by atoms with van der Waals surface area (Å²) in [5.74, 6) is -1.30. The minimum absolute atomic E-state index is 0.181. The molecule has 1 saturated heterocycles. The van der Waals surface area contributed by atoms with Gasteiger partial charge in [0.1, 0.15) is 0 Å². The van der Waals surface area contributed by atoms with Crippen LogP contribution in [0.15, 0.2) is 54.6 Å². The van der Waals surface area contributed by atoms with E-state index in [-0.39, 0.29) is 24.3 Å². The van der Waals surface area contributed by atoms with E-state index in [1.165, 1.54) is 0 Å². The van der Waals surface area contributed by atoms with Gasteiger partial charge in [-0.2, -0.15) is 0 Å². The van der Waals surface area contributed by atoms with Crippen LogP contribution < -0.4 is 5.73 Å². The molecule has 140 valence electrons. The molecular weight excluding hydrogens is 344 g/mol. The van der Waals surface area contributed by atoms with Gasteiger partial charge in [-0.1, -0.05) is 42.5 Å². The Bertz CT molecular complexity index is 810. The Morgan fingerprint density at radius 3 is 2.11 bits per heavy atom. The van der Waals surface area contributed by atoms with Gasteiger partial charge in [0.25, 0.3) is 5.91 Å². The van der Waals surface area contributed by atoms with Crippen LogP contribution in [0.5, 0.6) is 0 Å². The van der Waals surface area contributed by atoms with E-state index in [9.17, 15) is 14.4 Å². The number of esters is 1. The van der Waals surface area contributed by atoms with Crippen molar-refractivity contribution >= 4 is 17.8 Å². The molecule has 6 nitrogen and oxygen atoms in total. The largest absolute Gasteiger partial charge is 0.452 e. The van der Waals surface area contributed by atoms with Gasteiger partial charge in [0.05, 0.1) is 5.56 Å². The fourth-order valence-electron chi connectivity index (χ4n) is 3.14. The molecule has 0 aliphatic carbocycles. The van der Waals surface area contributed by atoms with Crippen LogP contribution in [0, 0.1) is 5.92 Å². The molecule has 1 fully saturated rings. The van der Waals surface area contributed by atoms with E-state index in [1.807, 2.05) is 42.5 Å². The molecular formula is C21H22N2O4. The van der Waals surface area contributed by atoms with Gasteiger partial charge in [-0.15, -0.1) is 0 Å². The van der Waals surface area contributed by atoms with Crippen LogP contribution in [0.4, 0.5) is 0 Å². The monoisotopic (exact) mass is 366 g/mol. The second-order valence-corrected chi connectivity index (χ2v) is 6.58. The van der Waals surface area contributed by atoms with Crippen molar-refractivity contribution in [3.8, 4) is 11.1 Å². The van der Waals surface area contributed by atoms with Crippen molar-refractivity contribution in [2.45, 2.75) is 12.8 Å². The first-order valence-electron chi connectivity index (χ1n) is 8.94. The quantitative estimate of drug-likeness (QED) is 0.822. The Morgan fingerprint density at radius 1 is 0.926 bits per heavy atom. The van der Waals surface area contributed by atoms with Crippen LogP contribution in [-0.2, 0) is 14.3 Å². The van der Waals surface area contributed by atoms with Crippen LogP contribution in [-0.4, -0.2) is 42.4 Å². The number of likely N-dealkylation sites (tertiary alicyclic amines) is 1. The van der Waals surface area contributed by atoms with Crippen LogP contribution in [0.25, 0.3) is 11.1 Å². The molecule has 0 unspecified atom stereocenters. The number of nitrogens with two attached hydrogens (primary N) is 1. The topological polar surface area (TPSA) is 89.7 Å². The number of ether oxygens (including phenoxy) is 1. The fourth-order valence-corrected chi connectivity index (χ4v) is 3.14. The number of piperidine rings is 1. The van der Waals surface area contributed by atoms with Crippen molar-refractivity contribution in [1.29, 1.82) is 0 Å². The zero-order valence-electron chi connectivity index (χ0n) is 15.0. The summed E-state index contributed by atoms with van der Waals surface area (Å²) >= 11 is 0. The number of hydrogen-bond donors (Lipinski definition) is 1. The standard InChI is InChI=1S/C21H22N2O4/c22-20(25)17-10-12-23(13-11-17)19(24)14-27-21(26)18-8-6-16(7-9-18)15-4-2-1-3-5-15/h1-9,17H,10-14H2,(H2,22,25). The Hall–Kier alpha value is -3.15. The summed E-state index contributed by atoms with van der Waals surface area (Å²) in [6.45, 7) is 0.603. The van der Waals surface area contributed by atoms with Gasteiger partial charge in [0.2, 0.25) is 5.91 Å². The first-order chi connectivity index (χ1) is 13.0. The normalized spacial score (nSPS) is 14.6. The summed E-state index contributed by atoms with van der Waals surface area (Å²) in [6.07, 6.45) is 1.10. The molecule has 1 aliphatic heterocycles. The number of primary amides is 1. The third kappa shape index (κ3) is 4.73. The molecule has 2 N–H and O–H groups in total. The van der Waals surface area contributed by atoms with Gasteiger partial charge in [0.15, 0.2) is 6.61 Å². The lowest BCUT2D eigenvalue weighted by molar-refractivity contribution is -0.137. The van der Waals surface area contributed by atoms with Crippen LogP contribution in [0.2, 0.25) is 0 Å². The summed E-state index contributed by atoms with van der Waals surface area (Å²) in [6, 6.07) is 16.9. The molecule has 0 spiro atoms. The predicted molar refractivity (Wildman–Crippen MR) is 101 cm³/mol. The van der Waals surface area contributed by atoms with E-state index >= 15 is 0 Å². The maximum absolute atomic E-state index is 12.2. The van der Waals surface area contributed by atoms with Crippen molar-refractivity contribution in [3.63, 3.8) is 0 Å². The van der Waals surface area contributed by atoms with Gasteiger partial charge in [0, 0.05) is 19.0 Å². The number of hydrogen-bond acceptors (Lipinski definition) is 4. The molecule has 0 saturated carbocycles. The molecule has 27 heavy (non-hydrogen) atoms. The van der Waals surface area contributed by atoms with E-state index < -0.39 is 5.97 Å². The van der Waals surface area contributed by atoms with Gasteiger partial charge in [-0.25, -0.2) is 4.79 Å². The lowest BCUT2D eigenvalue weighted by atomic mass is 9.96. The summed E-state index contributed by atoms with van der Waals surface area (Å²) in [4.78, 5) is 37.1. The van der Waals surface area contributed by atoms with E-state index in [0.717, 1.165) is 11.1 Å². The second-order valence-electron chi connectivity index (χ2n) is 6.58. The summed E-state index contributed by atoms with van der Waals surface area (Å²) in [5, 5.41) is 0. The number of carbonyl (C=O) groups is 3. The molecule has 2 aromatic carbocycles. The third-order valence-electron chi connectivity index (χ3n) is 4.80. The van der Waals surface area contributed by atoms with E-state index in [0.29, 0.717) is 31.5 Å². The summed E-state index contributed by atoms with van der Waals surface area (Å²) < 4.78 is 5.14. The van der Waals surface area contributed by atoms with Crippen molar-refractivity contribution in [2.75, 3.05) is 19.7 Å². The molecule has 0 aromatic heterocycles. The molecule has 0 atom stereocenters. The first kappa shape index (κ1) is 18.6. The van der Waals surface area contributed by atoms with E-state index in [1.54, 1.807) is 17.0 Å². The van der Waals surface area contributed by atoms with Gasteiger partial charge in [-0.05, 0) is 36.1 Å². The predicted octanol–water partition coefficient (Wildman–Crippen LogP) is 2.23. The lowest BCUT2D eigenvalue weighted by Gasteiger charge is -2.30. The average molecular weight is 366 g/mol. The maximum atomic E-state index is 12.2. The third-order valence-corrected chi connectivity index (χ3v) is 4.80. The average Bonchev–Trinajstić information content (AvgIpc) is 2.72. The summed E-state index contributed by atoms with van der Waals surface area (Å²) in [7, 11) is 0. The van der Waals surface area contributed by atoms with Gasteiger partial charge in [-0.3, -0.25) is 9.59 Å². The van der Waals surface area contributed by atoms with E-state index in [4.69, 9.17) is 10.5 Å². The molecule has 1 heterocycles. The highest BCUT2D eigenvalue weighted by molar-refractivity contribution is 5.92. The van der Waals surface area contributed by atoms with Crippen molar-refractivity contribution < 1.29 is 19.1 Å². The minimum atomic E-state index is -0.532. The summed E-state index contributed by atoms with van der Waals surface area (Å²) in [5.41, 5.74) is 7.75. The van der Waals surface area contributed by atoms with Crippen LogP contribution in [0.1, 0.15) is 23.2 Å². The first-order valence-corrected chi connectivity index (χ1v) is 8.94. The number of carbonyl (C=O) groups excluding carboxylic acids is 3. The van der Waals surface area contributed by atoms with Gasteiger partial charge >= 0.3 is 5.97 Å². The van der Waals surface area contributed by atoms with Crippen molar-refractivity contribution in [2.24, 2.45) is 11.7 Å². The van der Waals surface area contributed by atoms with Gasteiger partial charge < -0.3 is 15.4 Å². The zero-order chi connectivity index (χ0) is 19.2. The highest BCUT2D eigenvalue weighted by Crippen LogP contribution is 2.20. The van der Waals surface area contributed by atoms with Crippen LogP contribution in [0.3, 0.4) is 0 Å². The number of rotatable bonds is 5. The van der Waals surface area contributed by atoms with E-state index in [2.05, 4.69) is 0 Å². The van der Waals surface area contributed by atoms with Crippen molar-refractivity contribution in [1.82, 2.24) is 4.90 Å². The molecule has 0 radical (unpaired) electrons. The van der Waals surface area contributed by atoms with Crippen molar-refractivity contribution in [3.05, 3.63) is 60.2 Å².